The molecule has 2 fully saturated rings. The summed E-state index contributed by atoms with van der Waals surface area (Å²) in [7, 11) is 0. The third-order valence-corrected chi connectivity index (χ3v) is 4.62. The van der Waals surface area contributed by atoms with Crippen LogP contribution in [0.15, 0.2) is 22.9 Å². The molecule has 3 nitrogen and oxygen atoms in total. The Morgan fingerprint density at radius 2 is 1.74 bits per heavy atom. The number of anilines is 1. The van der Waals surface area contributed by atoms with Gasteiger partial charge in [-0.15, -0.1) is 0 Å². The van der Waals surface area contributed by atoms with Gasteiger partial charge < -0.3 is 9.64 Å². The highest BCUT2D eigenvalue weighted by molar-refractivity contribution is 9.10. The van der Waals surface area contributed by atoms with E-state index in [0.717, 1.165) is 30.4 Å². The first-order valence-corrected chi connectivity index (χ1v) is 8.11. The van der Waals surface area contributed by atoms with E-state index in [-0.39, 0.29) is 0 Å². The van der Waals surface area contributed by atoms with Gasteiger partial charge in [-0.1, -0.05) is 12.8 Å². The zero-order chi connectivity index (χ0) is 13.1. The van der Waals surface area contributed by atoms with Crippen molar-refractivity contribution in [3.63, 3.8) is 0 Å². The maximum absolute atomic E-state index is 6.21. The molecule has 0 radical (unpaired) electrons. The van der Waals surface area contributed by atoms with Crippen LogP contribution < -0.4 is 4.90 Å². The fraction of sp³-hybridized carbons (Fsp3) is 0.667. The van der Waals surface area contributed by atoms with Crippen LogP contribution in [0.2, 0.25) is 0 Å². The van der Waals surface area contributed by atoms with Gasteiger partial charge in [-0.05, 0) is 47.7 Å². The Labute approximate surface area is 123 Å². The fourth-order valence-electron chi connectivity index (χ4n) is 3.12. The van der Waals surface area contributed by atoms with Crippen molar-refractivity contribution >= 4 is 21.6 Å². The number of halogens is 1. The number of ether oxygens (including phenoxy) is 1. The maximum Gasteiger partial charge on any atom is 0.0612 e. The van der Waals surface area contributed by atoms with Gasteiger partial charge in [-0.3, -0.25) is 4.98 Å². The summed E-state index contributed by atoms with van der Waals surface area (Å²) in [6.07, 6.45) is 12.3. The Morgan fingerprint density at radius 1 is 1.05 bits per heavy atom. The number of aromatic nitrogens is 1. The highest BCUT2D eigenvalue weighted by Crippen LogP contribution is 2.27. The van der Waals surface area contributed by atoms with Crippen LogP contribution in [0.3, 0.4) is 0 Å². The van der Waals surface area contributed by atoms with E-state index >= 15 is 0 Å². The molecular weight excluding hydrogens is 304 g/mol. The summed E-state index contributed by atoms with van der Waals surface area (Å²) in [6, 6.07) is 2.14. The molecule has 1 saturated heterocycles. The molecule has 0 spiro atoms. The lowest BCUT2D eigenvalue weighted by atomic mass is 10.1. The van der Waals surface area contributed by atoms with Crippen LogP contribution in [0.5, 0.6) is 0 Å². The van der Waals surface area contributed by atoms with Gasteiger partial charge in [0.05, 0.1) is 24.1 Å². The van der Waals surface area contributed by atoms with E-state index in [2.05, 4.69) is 31.9 Å². The second-order valence-corrected chi connectivity index (χ2v) is 6.51. The smallest absolute Gasteiger partial charge is 0.0612 e. The van der Waals surface area contributed by atoms with Gasteiger partial charge in [0.25, 0.3) is 0 Å². The van der Waals surface area contributed by atoms with Gasteiger partial charge in [0, 0.05) is 23.8 Å². The Kier molecular flexibility index (Phi) is 4.38. The molecule has 1 aromatic rings. The summed E-state index contributed by atoms with van der Waals surface area (Å²) in [5, 5.41) is 0. The van der Waals surface area contributed by atoms with Crippen molar-refractivity contribution in [1.82, 2.24) is 4.98 Å². The van der Waals surface area contributed by atoms with E-state index in [0.29, 0.717) is 12.2 Å². The molecule has 3 rings (SSSR count). The van der Waals surface area contributed by atoms with Crippen molar-refractivity contribution in [3.05, 3.63) is 22.9 Å². The molecule has 1 saturated carbocycles. The van der Waals surface area contributed by atoms with Gasteiger partial charge in [0.1, 0.15) is 0 Å². The van der Waals surface area contributed by atoms with Gasteiger partial charge in [0.15, 0.2) is 0 Å². The second-order valence-electron chi connectivity index (χ2n) is 5.59. The molecule has 1 aliphatic carbocycles. The summed E-state index contributed by atoms with van der Waals surface area (Å²) >= 11 is 3.49. The zero-order valence-electron chi connectivity index (χ0n) is 11.2. The molecule has 4 heteroatoms. The minimum atomic E-state index is 0.472. The van der Waals surface area contributed by atoms with E-state index in [1.54, 1.807) is 0 Å². The van der Waals surface area contributed by atoms with Gasteiger partial charge in [0.2, 0.25) is 0 Å². The maximum atomic E-state index is 6.21. The zero-order valence-corrected chi connectivity index (χ0v) is 12.8. The van der Waals surface area contributed by atoms with Crippen LogP contribution in [-0.4, -0.2) is 30.3 Å². The van der Waals surface area contributed by atoms with E-state index < -0.39 is 0 Å². The number of pyridine rings is 1. The van der Waals surface area contributed by atoms with Crippen molar-refractivity contribution in [2.24, 2.45) is 0 Å². The van der Waals surface area contributed by atoms with Crippen LogP contribution in [0.4, 0.5) is 5.69 Å². The summed E-state index contributed by atoms with van der Waals surface area (Å²) in [5.74, 6) is 0. The first-order valence-electron chi connectivity index (χ1n) is 7.32. The molecule has 0 bridgehead atoms. The second kappa shape index (κ2) is 6.23. The largest absolute Gasteiger partial charge is 0.375 e. The van der Waals surface area contributed by atoms with Gasteiger partial charge in [-0.2, -0.15) is 0 Å². The molecule has 0 amide bonds. The molecule has 2 aliphatic rings. The number of nitrogens with zero attached hydrogens (tertiary/aromatic N) is 2. The number of hydrogen-bond acceptors (Lipinski definition) is 3. The minimum absolute atomic E-state index is 0.472. The highest BCUT2D eigenvalue weighted by Gasteiger charge is 2.24. The van der Waals surface area contributed by atoms with E-state index in [9.17, 15) is 0 Å². The standard InChI is InChI=1S/C15H21BrN2O/c16-12-9-13(11-17-10-12)18-7-5-15(6-8-18)19-14-3-1-2-4-14/h9-11,14-15H,1-8H2. The molecular formula is C15H21BrN2O. The molecule has 0 N–H and O–H groups in total. The predicted molar refractivity (Wildman–Crippen MR) is 80.5 cm³/mol. The third kappa shape index (κ3) is 3.48. The van der Waals surface area contributed by atoms with Crippen LogP contribution in [0, 0.1) is 0 Å². The molecule has 104 valence electrons. The molecule has 0 atom stereocenters. The van der Waals surface area contributed by atoms with Crippen LogP contribution in [0.25, 0.3) is 0 Å². The van der Waals surface area contributed by atoms with Crippen molar-refractivity contribution in [1.29, 1.82) is 0 Å². The normalized spacial score (nSPS) is 22.1. The summed E-state index contributed by atoms with van der Waals surface area (Å²) in [4.78, 5) is 6.65. The first-order chi connectivity index (χ1) is 9.31. The van der Waals surface area contributed by atoms with E-state index in [1.165, 1.54) is 31.4 Å². The van der Waals surface area contributed by atoms with Crippen molar-refractivity contribution in [2.75, 3.05) is 18.0 Å². The number of piperidine rings is 1. The third-order valence-electron chi connectivity index (χ3n) is 4.18. The van der Waals surface area contributed by atoms with E-state index in [4.69, 9.17) is 4.74 Å². The van der Waals surface area contributed by atoms with Gasteiger partial charge in [-0.25, -0.2) is 0 Å². The van der Waals surface area contributed by atoms with Crippen LogP contribution in [-0.2, 0) is 4.74 Å². The molecule has 1 aromatic heterocycles. The van der Waals surface area contributed by atoms with Crippen LogP contribution >= 0.6 is 15.9 Å². The summed E-state index contributed by atoms with van der Waals surface area (Å²) < 4.78 is 7.26. The average molecular weight is 325 g/mol. The predicted octanol–water partition coefficient (Wildman–Crippen LogP) is 3.77. The topological polar surface area (TPSA) is 25.4 Å². The Morgan fingerprint density at radius 3 is 2.42 bits per heavy atom. The van der Waals surface area contributed by atoms with Crippen molar-refractivity contribution in [3.8, 4) is 0 Å². The lowest BCUT2D eigenvalue weighted by Gasteiger charge is -2.34. The molecule has 1 aliphatic heterocycles. The van der Waals surface area contributed by atoms with E-state index in [1.807, 2.05) is 12.4 Å². The summed E-state index contributed by atoms with van der Waals surface area (Å²) in [5.41, 5.74) is 1.22. The van der Waals surface area contributed by atoms with Gasteiger partial charge >= 0.3 is 0 Å². The summed E-state index contributed by atoms with van der Waals surface area (Å²) in [6.45, 7) is 2.16. The van der Waals surface area contributed by atoms with Crippen molar-refractivity contribution < 1.29 is 4.74 Å². The first kappa shape index (κ1) is 13.4. The molecule has 19 heavy (non-hydrogen) atoms. The lowest BCUT2D eigenvalue weighted by Crippen LogP contribution is -2.38. The van der Waals surface area contributed by atoms with Crippen LogP contribution in [0.1, 0.15) is 38.5 Å². The quantitative estimate of drug-likeness (QED) is 0.846. The Balaban J connectivity index is 1.51. The number of rotatable bonds is 3. The molecule has 0 unspecified atom stereocenters. The fourth-order valence-corrected chi connectivity index (χ4v) is 3.47. The monoisotopic (exact) mass is 324 g/mol. The number of hydrogen-bond donors (Lipinski definition) is 0. The Bertz CT molecular complexity index is 412. The Hall–Kier alpha value is -0.610. The van der Waals surface area contributed by atoms with Crippen molar-refractivity contribution in [2.45, 2.75) is 50.7 Å². The SMILES string of the molecule is Brc1cncc(N2CCC(OC3CCCC3)CC2)c1. The average Bonchev–Trinajstić information content (AvgIpc) is 2.92. The molecule has 0 aromatic carbocycles. The molecule has 2 heterocycles. The minimum Gasteiger partial charge on any atom is -0.375 e. The highest BCUT2D eigenvalue weighted by atomic mass is 79.9. The lowest BCUT2D eigenvalue weighted by molar-refractivity contribution is -0.0194.